The summed E-state index contributed by atoms with van der Waals surface area (Å²) in [7, 11) is 1.51. The van der Waals surface area contributed by atoms with Crippen molar-refractivity contribution in [3.63, 3.8) is 0 Å². The average molecular weight is 595 g/mol. The van der Waals surface area contributed by atoms with Crippen molar-refractivity contribution in [3.8, 4) is 11.5 Å². The summed E-state index contributed by atoms with van der Waals surface area (Å²) in [5, 5.41) is 0. The normalized spacial score (nSPS) is 26.7. The molecule has 2 heterocycles. The molecule has 9 heteroatoms. The maximum absolute atomic E-state index is 13.6. The van der Waals surface area contributed by atoms with E-state index in [1.54, 1.807) is 42.5 Å². The van der Waals surface area contributed by atoms with Crippen molar-refractivity contribution in [2.45, 2.75) is 77.7 Å². The highest BCUT2D eigenvalue weighted by molar-refractivity contribution is 5.97. The molecule has 0 amide bonds. The van der Waals surface area contributed by atoms with E-state index in [-0.39, 0.29) is 18.3 Å². The van der Waals surface area contributed by atoms with E-state index in [1.807, 2.05) is 58.9 Å². The highest BCUT2D eigenvalue weighted by Crippen LogP contribution is 2.36. The van der Waals surface area contributed by atoms with Gasteiger partial charge in [-0.25, -0.2) is 9.59 Å². The average Bonchev–Trinajstić information content (AvgIpc) is 3.30. The summed E-state index contributed by atoms with van der Waals surface area (Å²) in [6, 6.07) is 12.3. The van der Waals surface area contributed by atoms with Gasteiger partial charge in [-0.3, -0.25) is 0 Å². The predicted octanol–water partition coefficient (Wildman–Crippen LogP) is 6.36. The molecule has 9 nitrogen and oxygen atoms in total. The SMILES string of the molecule is CCCOc1cc2c(c(OCOC)c1)C(=O)O[C@@H](C)[C@H](C)/C=C\C(OC(=O)c1ccccc1)C1OC(C)(C)OC1C/C=C/2. The summed E-state index contributed by atoms with van der Waals surface area (Å²) in [6.07, 6.45) is 6.32. The van der Waals surface area contributed by atoms with Gasteiger partial charge in [-0.05, 0) is 63.5 Å². The van der Waals surface area contributed by atoms with E-state index in [9.17, 15) is 9.59 Å². The van der Waals surface area contributed by atoms with E-state index >= 15 is 0 Å². The predicted molar refractivity (Wildman–Crippen MR) is 161 cm³/mol. The first-order chi connectivity index (χ1) is 20.6. The lowest BCUT2D eigenvalue weighted by atomic mass is 9.98. The van der Waals surface area contributed by atoms with Crippen LogP contribution in [0.25, 0.3) is 6.08 Å². The number of rotatable bonds is 8. The highest BCUT2D eigenvalue weighted by Gasteiger charge is 2.45. The van der Waals surface area contributed by atoms with Crippen molar-refractivity contribution < 1.29 is 42.7 Å². The topological polar surface area (TPSA) is 98.8 Å². The first kappa shape index (κ1) is 32.3. The lowest BCUT2D eigenvalue weighted by Gasteiger charge is -2.25. The van der Waals surface area contributed by atoms with Gasteiger partial charge >= 0.3 is 11.9 Å². The standard InChI is InChI=1S/C34H42O9/c1-7-18-38-26-19-25-14-11-15-28-31(43-34(4,5)42-28)27(41-32(35)24-12-9-8-10-13-24)17-16-22(2)23(3)40-33(36)30(25)29(20-26)39-21-37-6/h8-14,16-17,19-20,22-23,27-28,31H,7,15,18,21H2,1-6H3/b14-11+,17-16-/t22-,23+,27?,28?,31?/m1/s1. The Hall–Kier alpha value is -3.66. The molecule has 43 heavy (non-hydrogen) atoms. The van der Waals surface area contributed by atoms with E-state index in [1.165, 1.54) is 7.11 Å². The van der Waals surface area contributed by atoms with Gasteiger partial charge in [0.25, 0.3) is 0 Å². The number of esters is 2. The molecule has 0 aromatic heterocycles. The van der Waals surface area contributed by atoms with Gasteiger partial charge in [0, 0.05) is 19.1 Å². The molecular formula is C34H42O9. The summed E-state index contributed by atoms with van der Waals surface area (Å²) in [5.74, 6) is -1.28. The van der Waals surface area contributed by atoms with Crippen LogP contribution in [-0.2, 0) is 23.7 Å². The van der Waals surface area contributed by atoms with Crippen molar-refractivity contribution >= 4 is 18.0 Å². The second-order valence-corrected chi connectivity index (χ2v) is 11.2. The quantitative estimate of drug-likeness (QED) is 0.196. The van der Waals surface area contributed by atoms with Crippen molar-refractivity contribution in [2.75, 3.05) is 20.5 Å². The molecule has 0 bridgehead atoms. The molecule has 0 aliphatic carbocycles. The molecule has 5 atom stereocenters. The first-order valence-electron chi connectivity index (χ1n) is 14.7. The number of ether oxygens (including phenoxy) is 7. The lowest BCUT2D eigenvalue weighted by Crippen LogP contribution is -2.37. The van der Waals surface area contributed by atoms with Crippen LogP contribution in [0.2, 0.25) is 0 Å². The van der Waals surface area contributed by atoms with Crippen molar-refractivity contribution in [3.05, 3.63) is 77.4 Å². The molecule has 232 valence electrons. The van der Waals surface area contributed by atoms with Crippen LogP contribution < -0.4 is 9.47 Å². The second-order valence-electron chi connectivity index (χ2n) is 11.2. The van der Waals surface area contributed by atoms with Crippen LogP contribution >= 0.6 is 0 Å². The van der Waals surface area contributed by atoms with E-state index in [0.717, 1.165) is 6.42 Å². The molecule has 1 fully saturated rings. The minimum atomic E-state index is -0.902. The summed E-state index contributed by atoms with van der Waals surface area (Å²) in [6.45, 7) is 9.88. The number of benzene rings is 2. The first-order valence-corrected chi connectivity index (χ1v) is 14.7. The Morgan fingerprint density at radius 1 is 1.05 bits per heavy atom. The van der Waals surface area contributed by atoms with Gasteiger partial charge in [-0.15, -0.1) is 0 Å². The van der Waals surface area contributed by atoms with Crippen LogP contribution in [0.3, 0.4) is 0 Å². The van der Waals surface area contributed by atoms with E-state index < -0.39 is 42.1 Å². The maximum Gasteiger partial charge on any atom is 0.342 e. The van der Waals surface area contributed by atoms with Gasteiger partial charge in [0.1, 0.15) is 35.4 Å². The molecule has 0 N–H and O–H groups in total. The molecular weight excluding hydrogens is 552 g/mol. The number of carbonyl (C=O) groups excluding carboxylic acids is 2. The molecule has 0 spiro atoms. The van der Waals surface area contributed by atoms with Gasteiger partial charge < -0.3 is 33.2 Å². The van der Waals surface area contributed by atoms with Crippen LogP contribution in [0, 0.1) is 5.92 Å². The number of carbonyl (C=O) groups is 2. The van der Waals surface area contributed by atoms with Gasteiger partial charge in [-0.2, -0.15) is 0 Å². The molecule has 0 saturated carbocycles. The zero-order valence-electron chi connectivity index (χ0n) is 25.7. The molecule has 1 saturated heterocycles. The largest absolute Gasteiger partial charge is 0.493 e. The van der Waals surface area contributed by atoms with Gasteiger partial charge in [0.2, 0.25) is 0 Å². The Balaban J connectivity index is 1.74. The van der Waals surface area contributed by atoms with Crippen molar-refractivity contribution in [1.82, 2.24) is 0 Å². The third-order valence-corrected chi connectivity index (χ3v) is 7.22. The minimum absolute atomic E-state index is 0.0531. The van der Waals surface area contributed by atoms with Crippen LogP contribution in [0.1, 0.15) is 73.7 Å². The van der Waals surface area contributed by atoms with E-state index in [0.29, 0.717) is 35.7 Å². The molecule has 2 aliphatic rings. The zero-order chi connectivity index (χ0) is 31.0. The summed E-state index contributed by atoms with van der Waals surface area (Å²) in [4.78, 5) is 26.7. The minimum Gasteiger partial charge on any atom is -0.493 e. The fourth-order valence-electron chi connectivity index (χ4n) is 4.91. The Bertz CT molecular complexity index is 1300. The zero-order valence-corrected chi connectivity index (χ0v) is 25.7. The number of fused-ring (bicyclic) bond motifs is 2. The van der Waals surface area contributed by atoms with Crippen LogP contribution in [0.5, 0.6) is 11.5 Å². The summed E-state index contributed by atoms with van der Waals surface area (Å²) >= 11 is 0. The summed E-state index contributed by atoms with van der Waals surface area (Å²) < 4.78 is 41.4. The third-order valence-electron chi connectivity index (χ3n) is 7.22. The fraction of sp³-hybridized carbons (Fsp3) is 0.471. The van der Waals surface area contributed by atoms with Gasteiger partial charge in [0.05, 0.1) is 18.3 Å². The van der Waals surface area contributed by atoms with Crippen LogP contribution in [0.4, 0.5) is 0 Å². The van der Waals surface area contributed by atoms with Crippen LogP contribution in [0.15, 0.2) is 60.7 Å². The number of hydrogen-bond acceptors (Lipinski definition) is 9. The Morgan fingerprint density at radius 2 is 1.81 bits per heavy atom. The van der Waals surface area contributed by atoms with Crippen molar-refractivity contribution in [2.24, 2.45) is 5.92 Å². The highest BCUT2D eigenvalue weighted by atomic mass is 16.8. The Morgan fingerprint density at radius 3 is 2.53 bits per heavy atom. The molecule has 2 aliphatic heterocycles. The molecule has 2 aromatic rings. The number of hydrogen-bond donors (Lipinski definition) is 0. The lowest BCUT2D eigenvalue weighted by molar-refractivity contribution is -0.152. The molecule has 2 aromatic carbocycles. The third kappa shape index (κ3) is 8.46. The van der Waals surface area contributed by atoms with Gasteiger partial charge in [0.15, 0.2) is 12.6 Å². The summed E-state index contributed by atoms with van der Waals surface area (Å²) in [5.41, 5.74) is 1.27. The van der Waals surface area contributed by atoms with E-state index in [4.69, 9.17) is 33.2 Å². The Kier molecular flexibility index (Phi) is 11.0. The van der Waals surface area contributed by atoms with Crippen LogP contribution in [-0.4, -0.2) is 62.7 Å². The van der Waals surface area contributed by atoms with Crippen molar-refractivity contribution in [1.29, 1.82) is 0 Å². The fourth-order valence-corrected chi connectivity index (χ4v) is 4.91. The molecule has 4 rings (SSSR count). The number of cyclic esters (lactones) is 1. The second kappa shape index (κ2) is 14.7. The Labute approximate surface area is 253 Å². The molecule has 0 radical (unpaired) electrons. The number of methoxy groups -OCH3 is 1. The molecule has 3 unspecified atom stereocenters. The van der Waals surface area contributed by atoms with E-state index in [2.05, 4.69) is 0 Å². The maximum atomic E-state index is 13.6. The monoisotopic (exact) mass is 594 g/mol. The van der Waals surface area contributed by atoms with Gasteiger partial charge in [-0.1, -0.05) is 50.3 Å². The smallest absolute Gasteiger partial charge is 0.342 e.